The molecule has 5 nitrogen and oxygen atoms in total. The maximum Gasteiger partial charge on any atom is 0.241 e. The number of carbonyl (C=O) groups excluding carboxylic acids is 1. The van der Waals surface area contributed by atoms with E-state index < -0.39 is 0 Å². The predicted octanol–water partition coefficient (Wildman–Crippen LogP) is 0.791. The van der Waals surface area contributed by atoms with E-state index in [4.69, 9.17) is 5.73 Å². The van der Waals surface area contributed by atoms with Crippen molar-refractivity contribution in [1.82, 2.24) is 15.1 Å². The van der Waals surface area contributed by atoms with Crippen LogP contribution in [-0.2, 0) is 17.9 Å². The molecule has 94 valence electrons. The lowest BCUT2D eigenvalue weighted by atomic mass is 9.95. The quantitative estimate of drug-likeness (QED) is 0.811. The number of rotatable bonds is 4. The molecule has 0 radical (unpaired) electrons. The summed E-state index contributed by atoms with van der Waals surface area (Å²) in [6, 6.07) is 0.362. The van der Waals surface area contributed by atoms with Gasteiger partial charge in [-0.25, -0.2) is 0 Å². The van der Waals surface area contributed by atoms with E-state index in [1.165, 1.54) is 19.3 Å². The molecule has 1 amide bonds. The van der Waals surface area contributed by atoms with E-state index in [-0.39, 0.29) is 12.5 Å². The van der Waals surface area contributed by atoms with Gasteiger partial charge < -0.3 is 11.1 Å². The number of carbonyl (C=O) groups is 1. The molecule has 0 bridgehead atoms. The second kappa shape index (κ2) is 5.82. The number of nitrogens with two attached hydrogens (primary N) is 1. The Hall–Kier alpha value is -1.36. The Kier molecular flexibility index (Phi) is 4.14. The largest absolute Gasteiger partial charge is 0.352 e. The molecule has 1 aliphatic rings. The van der Waals surface area contributed by atoms with Crippen molar-refractivity contribution >= 4 is 5.91 Å². The van der Waals surface area contributed by atoms with Gasteiger partial charge >= 0.3 is 0 Å². The lowest BCUT2D eigenvalue weighted by Crippen LogP contribution is -2.38. The summed E-state index contributed by atoms with van der Waals surface area (Å²) in [4.78, 5) is 11.8. The third kappa shape index (κ3) is 3.56. The van der Waals surface area contributed by atoms with E-state index >= 15 is 0 Å². The Morgan fingerprint density at radius 2 is 2.24 bits per heavy atom. The van der Waals surface area contributed by atoms with Crippen LogP contribution in [0.4, 0.5) is 0 Å². The van der Waals surface area contributed by atoms with Crippen LogP contribution in [-0.4, -0.2) is 21.7 Å². The summed E-state index contributed by atoms with van der Waals surface area (Å²) >= 11 is 0. The zero-order valence-electron chi connectivity index (χ0n) is 10.1. The molecule has 3 N–H and O–H groups in total. The highest BCUT2D eigenvalue weighted by atomic mass is 16.2. The summed E-state index contributed by atoms with van der Waals surface area (Å²) in [7, 11) is 0. The average molecular weight is 236 g/mol. The molecule has 0 aliphatic heterocycles. The fraction of sp³-hybridized carbons (Fsp3) is 0.667. The minimum Gasteiger partial charge on any atom is -0.352 e. The standard InChI is InChI=1S/C12H20N4O/c13-6-10-7-14-16(8-10)9-12(17)15-11-4-2-1-3-5-11/h7-8,11H,1-6,9,13H2,(H,15,17). The van der Waals surface area contributed by atoms with Crippen LogP contribution >= 0.6 is 0 Å². The second-order valence-corrected chi connectivity index (χ2v) is 4.65. The summed E-state index contributed by atoms with van der Waals surface area (Å²) in [6.07, 6.45) is 9.49. The number of nitrogens with zero attached hydrogens (tertiary/aromatic N) is 2. The first-order valence-electron chi connectivity index (χ1n) is 6.28. The first-order valence-corrected chi connectivity index (χ1v) is 6.28. The summed E-state index contributed by atoms with van der Waals surface area (Å²) in [5, 5.41) is 7.16. The average Bonchev–Trinajstić information content (AvgIpc) is 2.78. The maximum absolute atomic E-state index is 11.8. The van der Waals surface area contributed by atoms with Gasteiger partial charge in [-0.15, -0.1) is 0 Å². The topological polar surface area (TPSA) is 72.9 Å². The molecule has 2 rings (SSSR count). The van der Waals surface area contributed by atoms with Gasteiger partial charge in [0.15, 0.2) is 0 Å². The monoisotopic (exact) mass is 236 g/mol. The molecule has 1 heterocycles. The molecule has 0 atom stereocenters. The first kappa shape index (κ1) is 12.1. The predicted molar refractivity (Wildman–Crippen MR) is 65.1 cm³/mol. The number of aromatic nitrogens is 2. The van der Waals surface area contributed by atoms with Crippen LogP contribution in [0.3, 0.4) is 0 Å². The SMILES string of the molecule is NCc1cnn(CC(=O)NC2CCCCC2)c1. The molecule has 0 spiro atoms. The van der Waals surface area contributed by atoms with Gasteiger partial charge in [-0.3, -0.25) is 9.48 Å². The molecule has 1 aliphatic carbocycles. The summed E-state index contributed by atoms with van der Waals surface area (Å²) in [5.41, 5.74) is 6.44. The maximum atomic E-state index is 11.8. The highest BCUT2D eigenvalue weighted by Gasteiger charge is 2.15. The van der Waals surface area contributed by atoms with Crippen molar-refractivity contribution in [2.75, 3.05) is 0 Å². The molecule has 1 fully saturated rings. The summed E-state index contributed by atoms with van der Waals surface area (Å²) < 4.78 is 1.64. The van der Waals surface area contributed by atoms with Crippen LogP contribution in [0.15, 0.2) is 12.4 Å². The fourth-order valence-corrected chi connectivity index (χ4v) is 2.27. The highest BCUT2D eigenvalue weighted by Crippen LogP contribution is 2.17. The van der Waals surface area contributed by atoms with Crippen molar-refractivity contribution < 1.29 is 4.79 Å². The minimum absolute atomic E-state index is 0.0450. The van der Waals surface area contributed by atoms with Crippen LogP contribution in [0.2, 0.25) is 0 Å². The number of amides is 1. The van der Waals surface area contributed by atoms with Gasteiger partial charge in [0.05, 0.1) is 6.20 Å². The van der Waals surface area contributed by atoms with Crippen molar-refractivity contribution in [3.05, 3.63) is 18.0 Å². The molecular formula is C12H20N4O. The number of nitrogens with one attached hydrogen (secondary N) is 1. The van der Waals surface area contributed by atoms with E-state index in [0.29, 0.717) is 12.6 Å². The van der Waals surface area contributed by atoms with E-state index in [9.17, 15) is 4.79 Å². The van der Waals surface area contributed by atoms with Crippen molar-refractivity contribution in [3.63, 3.8) is 0 Å². The lowest BCUT2D eigenvalue weighted by molar-refractivity contribution is -0.122. The van der Waals surface area contributed by atoms with E-state index in [2.05, 4.69) is 10.4 Å². The molecular weight excluding hydrogens is 216 g/mol. The van der Waals surface area contributed by atoms with Gasteiger partial charge in [0.2, 0.25) is 5.91 Å². The summed E-state index contributed by atoms with van der Waals surface area (Å²) in [6.45, 7) is 0.751. The van der Waals surface area contributed by atoms with Gasteiger partial charge in [0.1, 0.15) is 6.54 Å². The fourth-order valence-electron chi connectivity index (χ4n) is 2.27. The van der Waals surface area contributed by atoms with Gasteiger partial charge in [-0.2, -0.15) is 5.10 Å². The smallest absolute Gasteiger partial charge is 0.241 e. The number of hydrogen-bond acceptors (Lipinski definition) is 3. The molecule has 0 unspecified atom stereocenters. The third-order valence-electron chi connectivity index (χ3n) is 3.20. The van der Waals surface area contributed by atoms with Gasteiger partial charge in [0.25, 0.3) is 0 Å². The van der Waals surface area contributed by atoms with E-state index in [0.717, 1.165) is 18.4 Å². The summed E-state index contributed by atoms with van der Waals surface area (Å²) in [5.74, 6) is 0.0450. The van der Waals surface area contributed by atoms with Crippen molar-refractivity contribution in [2.24, 2.45) is 5.73 Å². The molecule has 1 aromatic heterocycles. The van der Waals surface area contributed by atoms with Crippen molar-refractivity contribution in [1.29, 1.82) is 0 Å². The normalized spacial score (nSPS) is 17.0. The zero-order chi connectivity index (χ0) is 12.1. The Morgan fingerprint density at radius 1 is 1.47 bits per heavy atom. The molecule has 0 saturated heterocycles. The molecule has 5 heteroatoms. The molecule has 1 saturated carbocycles. The van der Waals surface area contributed by atoms with Crippen LogP contribution in [0.25, 0.3) is 0 Å². The highest BCUT2D eigenvalue weighted by molar-refractivity contribution is 5.75. The van der Waals surface area contributed by atoms with Gasteiger partial charge in [0, 0.05) is 24.3 Å². The second-order valence-electron chi connectivity index (χ2n) is 4.65. The van der Waals surface area contributed by atoms with Crippen LogP contribution in [0.1, 0.15) is 37.7 Å². The Balaban J connectivity index is 1.79. The van der Waals surface area contributed by atoms with Crippen LogP contribution in [0.5, 0.6) is 0 Å². The van der Waals surface area contributed by atoms with Crippen LogP contribution in [0, 0.1) is 0 Å². The third-order valence-corrected chi connectivity index (χ3v) is 3.20. The molecule has 17 heavy (non-hydrogen) atoms. The molecule has 0 aromatic carbocycles. The Labute approximate surface area is 101 Å². The van der Waals surface area contributed by atoms with Gasteiger partial charge in [-0.05, 0) is 12.8 Å². The molecule has 1 aromatic rings. The Bertz CT molecular complexity index is 368. The number of hydrogen-bond donors (Lipinski definition) is 2. The van der Waals surface area contributed by atoms with Gasteiger partial charge in [-0.1, -0.05) is 19.3 Å². The van der Waals surface area contributed by atoms with Crippen LogP contribution < -0.4 is 11.1 Å². The van der Waals surface area contributed by atoms with E-state index in [1.807, 2.05) is 6.20 Å². The lowest BCUT2D eigenvalue weighted by Gasteiger charge is -2.22. The first-order chi connectivity index (χ1) is 8.28. The zero-order valence-corrected chi connectivity index (χ0v) is 10.1. The Morgan fingerprint density at radius 3 is 2.88 bits per heavy atom. The van der Waals surface area contributed by atoms with E-state index in [1.54, 1.807) is 10.9 Å². The van der Waals surface area contributed by atoms with Crippen molar-refractivity contribution in [2.45, 2.75) is 51.2 Å². The minimum atomic E-state index is 0.0450. The van der Waals surface area contributed by atoms with Crippen molar-refractivity contribution in [3.8, 4) is 0 Å².